The Labute approximate surface area is 154 Å². The molecule has 1 aliphatic rings. The largest absolute Gasteiger partial charge is 0.489 e. The number of nitrogens with one attached hydrogen (secondary N) is 1. The van der Waals surface area contributed by atoms with Crippen molar-refractivity contribution in [1.29, 1.82) is 0 Å². The third kappa shape index (κ3) is 5.54. The van der Waals surface area contributed by atoms with Gasteiger partial charge in [0.15, 0.2) is 0 Å². The fourth-order valence-electron chi connectivity index (χ4n) is 2.82. The predicted molar refractivity (Wildman–Crippen MR) is 98.7 cm³/mol. The van der Waals surface area contributed by atoms with Crippen molar-refractivity contribution in [2.24, 2.45) is 0 Å². The van der Waals surface area contributed by atoms with Gasteiger partial charge in [-0.15, -0.1) is 0 Å². The number of nitrogens with zero attached hydrogens (tertiary/aromatic N) is 2. The van der Waals surface area contributed by atoms with Gasteiger partial charge in [0.2, 0.25) is 5.91 Å². The van der Waals surface area contributed by atoms with Crippen LogP contribution in [0, 0.1) is 0 Å². The minimum atomic E-state index is 0.182. The summed E-state index contributed by atoms with van der Waals surface area (Å²) in [4.78, 5) is 18.1. The molecule has 0 bridgehead atoms. The molecule has 0 unspecified atom stereocenters. The Balaban J connectivity index is 1.43. The highest BCUT2D eigenvalue weighted by atomic mass is 16.5. The van der Waals surface area contributed by atoms with E-state index in [-0.39, 0.29) is 5.91 Å². The van der Waals surface area contributed by atoms with Crippen molar-refractivity contribution in [2.45, 2.75) is 19.6 Å². The third-order valence-electron chi connectivity index (χ3n) is 4.28. The number of hydrogen-bond donors (Lipinski definition) is 1. The van der Waals surface area contributed by atoms with Crippen molar-refractivity contribution < 1.29 is 14.3 Å². The lowest BCUT2D eigenvalue weighted by molar-refractivity contribution is -0.135. The molecule has 2 heterocycles. The van der Waals surface area contributed by atoms with E-state index < -0.39 is 0 Å². The van der Waals surface area contributed by atoms with Crippen LogP contribution in [0.3, 0.4) is 0 Å². The predicted octanol–water partition coefficient (Wildman–Crippen LogP) is 2.00. The molecular weight excluding hydrogens is 330 g/mol. The van der Waals surface area contributed by atoms with E-state index in [1.165, 1.54) is 0 Å². The number of morpholine rings is 1. The number of aromatic nitrogens is 1. The molecule has 138 valence electrons. The van der Waals surface area contributed by atoms with Crippen molar-refractivity contribution >= 4 is 5.91 Å². The summed E-state index contributed by atoms with van der Waals surface area (Å²) >= 11 is 0. The van der Waals surface area contributed by atoms with Crippen LogP contribution in [-0.4, -0.2) is 48.6 Å². The maximum atomic E-state index is 12.1. The molecule has 2 aromatic rings. The first-order valence-electron chi connectivity index (χ1n) is 8.99. The van der Waals surface area contributed by atoms with Crippen LogP contribution >= 0.6 is 0 Å². The topological polar surface area (TPSA) is 63.7 Å². The molecule has 0 aliphatic carbocycles. The first kappa shape index (κ1) is 18.4. The maximum absolute atomic E-state index is 12.1. The van der Waals surface area contributed by atoms with Crippen molar-refractivity contribution in [1.82, 2.24) is 15.2 Å². The average molecular weight is 355 g/mol. The van der Waals surface area contributed by atoms with Crippen LogP contribution in [0.5, 0.6) is 5.75 Å². The number of benzene rings is 1. The molecule has 3 rings (SSSR count). The van der Waals surface area contributed by atoms with E-state index in [9.17, 15) is 4.79 Å². The Kier molecular flexibility index (Phi) is 6.98. The molecule has 6 heteroatoms. The van der Waals surface area contributed by atoms with Crippen molar-refractivity contribution in [3.8, 4) is 5.75 Å². The lowest BCUT2D eigenvalue weighted by Gasteiger charge is -2.26. The van der Waals surface area contributed by atoms with E-state index in [1.807, 2.05) is 41.3 Å². The molecule has 1 aliphatic heterocycles. The second kappa shape index (κ2) is 9.89. The lowest BCUT2D eigenvalue weighted by atomic mass is 10.2. The van der Waals surface area contributed by atoms with Gasteiger partial charge >= 0.3 is 0 Å². The number of hydrogen-bond acceptors (Lipinski definition) is 5. The number of pyridine rings is 1. The molecule has 26 heavy (non-hydrogen) atoms. The Bertz CT molecular complexity index is 688. The van der Waals surface area contributed by atoms with Crippen LogP contribution in [0.15, 0.2) is 48.8 Å². The van der Waals surface area contributed by atoms with E-state index >= 15 is 0 Å². The molecule has 1 fully saturated rings. The summed E-state index contributed by atoms with van der Waals surface area (Å²) in [6.45, 7) is 4.47. The fraction of sp³-hybridized carbons (Fsp3) is 0.400. The van der Waals surface area contributed by atoms with Gasteiger partial charge in [-0.25, -0.2) is 0 Å². The molecule has 1 N–H and O–H groups in total. The van der Waals surface area contributed by atoms with Crippen LogP contribution in [-0.2, 0) is 22.7 Å². The number of ether oxygens (including phenoxy) is 2. The minimum absolute atomic E-state index is 0.182. The number of rotatable bonds is 8. The lowest BCUT2D eigenvalue weighted by Crippen LogP contribution is -2.41. The third-order valence-corrected chi connectivity index (χ3v) is 4.28. The summed E-state index contributed by atoms with van der Waals surface area (Å²) in [5.74, 6) is 1.03. The zero-order valence-corrected chi connectivity index (χ0v) is 14.9. The molecular formula is C20H25N3O3. The quantitative estimate of drug-likeness (QED) is 0.734. The van der Waals surface area contributed by atoms with Gasteiger partial charge in [0.1, 0.15) is 12.4 Å². The van der Waals surface area contributed by atoms with Gasteiger partial charge < -0.3 is 19.7 Å². The zero-order valence-electron chi connectivity index (χ0n) is 14.9. The molecule has 0 radical (unpaired) electrons. The molecule has 1 aromatic carbocycles. The van der Waals surface area contributed by atoms with Crippen LogP contribution < -0.4 is 10.1 Å². The van der Waals surface area contributed by atoms with Gasteiger partial charge in [-0.05, 0) is 12.1 Å². The highest BCUT2D eigenvalue weighted by Crippen LogP contribution is 2.19. The number of amides is 1. The number of carbonyl (C=O) groups excluding carboxylic acids is 1. The molecule has 0 saturated carbocycles. The van der Waals surface area contributed by atoms with Gasteiger partial charge in [0.05, 0.1) is 13.2 Å². The van der Waals surface area contributed by atoms with E-state index in [4.69, 9.17) is 9.47 Å². The Morgan fingerprint density at radius 3 is 2.85 bits per heavy atom. The minimum Gasteiger partial charge on any atom is -0.489 e. The van der Waals surface area contributed by atoms with Gasteiger partial charge in [0, 0.05) is 56.1 Å². The molecule has 0 spiro atoms. The Hall–Kier alpha value is -2.44. The maximum Gasteiger partial charge on any atom is 0.224 e. The monoisotopic (exact) mass is 355 g/mol. The Morgan fingerprint density at radius 2 is 2.04 bits per heavy atom. The van der Waals surface area contributed by atoms with Crippen LogP contribution in [0.4, 0.5) is 0 Å². The number of carbonyl (C=O) groups is 1. The van der Waals surface area contributed by atoms with Crippen molar-refractivity contribution in [3.63, 3.8) is 0 Å². The highest BCUT2D eigenvalue weighted by Gasteiger charge is 2.16. The second-order valence-corrected chi connectivity index (χ2v) is 6.18. The molecule has 1 aromatic heterocycles. The zero-order chi connectivity index (χ0) is 18.0. The highest BCUT2D eigenvalue weighted by molar-refractivity contribution is 5.76. The average Bonchev–Trinajstić information content (AvgIpc) is 2.71. The summed E-state index contributed by atoms with van der Waals surface area (Å²) in [6, 6.07) is 11.8. The van der Waals surface area contributed by atoms with Gasteiger partial charge in [0.25, 0.3) is 0 Å². The van der Waals surface area contributed by atoms with Crippen molar-refractivity contribution in [3.05, 3.63) is 59.9 Å². The number of para-hydroxylation sites is 1. The summed E-state index contributed by atoms with van der Waals surface area (Å²) < 4.78 is 11.2. The molecule has 1 saturated heterocycles. The van der Waals surface area contributed by atoms with E-state index in [0.717, 1.165) is 16.9 Å². The van der Waals surface area contributed by atoms with E-state index in [2.05, 4.69) is 10.3 Å². The van der Waals surface area contributed by atoms with Crippen LogP contribution in [0.25, 0.3) is 0 Å². The summed E-state index contributed by atoms with van der Waals surface area (Å²) in [5.41, 5.74) is 2.11. The SMILES string of the molecule is O=C(CCNCc1ccccc1OCc1cccnc1)N1CCOCC1. The molecule has 0 atom stereocenters. The van der Waals surface area contributed by atoms with E-state index in [1.54, 1.807) is 12.4 Å². The van der Waals surface area contributed by atoms with Crippen LogP contribution in [0.2, 0.25) is 0 Å². The van der Waals surface area contributed by atoms with Gasteiger partial charge in [-0.1, -0.05) is 24.3 Å². The van der Waals surface area contributed by atoms with E-state index in [0.29, 0.717) is 52.4 Å². The first-order valence-corrected chi connectivity index (χ1v) is 8.99. The Morgan fingerprint density at radius 1 is 1.19 bits per heavy atom. The summed E-state index contributed by atoms with van der Waals surface area (Å²) in [7, 11) is 0. The molecule has 1 amide bonds. The normalized spacial score (nSPS) is 14.2. The fourth-order valence-corrected chi connectivity index (χ4v) is 2.82. The second-order valence-electron chi connectivity index (χ2n) is 6.18. The smallest absolute Gasteiger partial charge is 0.224 e. The molecule has 6 nitrogen and oxygen atoms in total. The van der Waals surface area contributed by atoms with Gasteiger partial charge in [-0.2, -0.15) is 0 Å². The van der Waals surface area contributed by atoms with Gasteiger partial charge in [-0.3, -0.25) is 9.78 Å². The van der Waals surface area contributed by atoms with Crippen LogP contribution in [0.1, 0.15) is 17.5 Å². The summed E-state index contributed by atoms with van der Waals surface area (Å²) in [6.07, 6.45) is 4.05. The van der Waals surface area contributed by atoms with Crippen molar-refractivity contribution in [2.75, 3.05) is 32.8 Å². The standard InChI is InChI=1S/C20H25N3O3/c24-20(23-10-12-25-13-11-23)7-9-22-15-18-5-1-2-6-19(18)26-16-17-4-3-8-21-14-17/h1-6,8,14,22H,7,9-13,15-16H2. The first-order chi connectivity index (χ1) is 12.8. The summed E-state index contributed by atoms with van der Waals surface area (Å²) in [5, 5.41) is 3.34.